The number of nitrogens with one attached hydrogen (secondary N) is 1. The highest BCUT2D eigenvalue weighted by molar-refractivity contribution is 5.73. The lowest BCUT2D eigenvalue weighted by Gasteiger charge is -2.30. The molecule has 1 aromatic rings. The van der Waals surface area contributed by atoms with Crippen molar-refractivity contribution >= 4 is 5.97 Å². The molecule has 2 rings (SSSR count). The molecule has 1 heterocycles. The summed E-state index contributed by atoms with van der Waals surface area (Å²) in [6.45, 7) is 1.22. The number of carbonyl (C=O) groups excluding carboxylic acids is 1. The first-order valence-corrected chi connectivity index (χ1v) is 5.86. The van der Waals surface area contributed by atoms with Crippen LogP contribution in [0.3, 0.4) is 0 Å². The third-order valence-electron chi connectivity index (χ3n) is 3.30. The van der Waals surface area contributed by atoms with Gasteiger partial charge in [0.25, 0.3) is 0 Å². The zero-order chi connectivity index (χ0) is 13.1. The van der Waals surface area contributed by atoms with Gasteiger partial charge in [0.05, 0.1) is 13.0 Å². The van der Waals surface area contributed by atoms with E-state index >= 15 is 0 Å². The summed E-state index contributed by atoms with van der Waals surface area (Å²) in [5, 5.41) is 3.13. The molecule has 0 unspecified atom stereocenters. The van der Waals surface area contributed by atoms with E-state index in [-0.39, 0.29) is 17.8 Å². The first-order valence-electron chi connectivity index (χ1n) is 5.86. The van der Waals surface area contributed by atoms with Crippen LogP contribution in [0.2, 0.25) is 0 Å². The van der Waals surface area contributed by atoms with E-state index in [1.807, 2.05) is 0 Å². The Morgan fingerprint density at radius 1 is 1.33 bits per heavy atom. The first kappa shape index (κ1) is 13.0. The van der Waals surface area contributed by atoms with Crippen molar-refractivity contribution in [2.45, 2.75) is 12.3 Å². The summed E-state index contributed by atoms with van der Waals surface area (Å²) in [5.74, 6) is -2.18. The maximum absolute atomic E-state index is 13.2. The molecule has 98 valence electrons. The zero-order valence-corrected chi connectivity index (χ0v) is 10.1. The normalized spacial score (nSPS) is 23.7. The summed E-state index contributed by atoms with van der Waals surface area (Å²) in [6.07, 6.45) is 0.607. The van der Waals surface area contributed by atoms with Crippen LogP contribution in [0, 0.1) is 17.6 Å². The summed E-state index contributed by atoms with van der Waals surface area (Å²) in [4.78, 5) is 11.7. The summed E-state index contributed by atoms with van der Waals surface area (Å²) in [7, 11) is 1.33. The van der Waals surface area contributed by atoms with Crippen LogP contribution in [0.5, 0.6) is 0 Å². The Morgan fingerprint density at radius 2 is 2.00 bits per heavy atom. The Hall–Kier alpha value is -1.49. The second-order valence-electron chi connectivity index (χ2n) is 4.43. The van der Waals surface area contributed by atoms with Gasteiger partial charge in [0, 0.05) is 18.5 Å². The van der Waals surface area contributed by atoms with Crippen molar-refractivity contribution in [3.8, 4) is 0 Å². The van der Waals surface area contributed by atoms with E-state index < -0.39 is 11.6 Å². The molecule has 0 aliphatic carbocycles. The molecule has 0 bridgehead atoms. The highest BCUT2D eigenvalue weighted by Crippen LogP contribution is 2.31. The predicted octanol–water partition coefficient (Wildman–Crippen LogP) is 1.83. The number of piperidine rings is 1. The Kier molecular flexibility index (Phi) is 3.91. The molecule has 0 saturated carbocycles. The average molecular weight is 255 g/mol. The van der Waals surface area contributed by atoms with Crippen molar-refractivity contribution in [1.29, 1.82) is 0 Å². The van der Waals surface area contributed by atoms with Gasteiger partial charge in [0.2, 0.25) is 0 Å². The van der Waals surface area contributed by atoms with Crippen LogP contribution in [0.25, 0.3) is 0 Å². The van der Waals surface area contributed by atoms with E-state index in [2.05, 4.69) is 5.32 Å². The fourth-order valence-corrected chi connectivity index (χ4v) is 2.43. The van der Waals surface area contributed by atoms with Crippen molar-refractivity contribution in [3.05, 3.63) is 35.4 Å². The van der Waals surface area contributed by atoms with Gasteiger partial charge < -0.3 is 10.1 Å². The van der Waals surface area contributed by atoms with E-state index in [4.69, 9.17) is 4.74 Å². The largest absolute Gasteiger partial charge is 0.469 e. The van der Waals surface area contributed by atoms with Crippen molar-refractivity contribution < 1.29 is 18.3 Å². The number of hydrogen-bond donors (Lipinski definition) is 1. The van der Waals surface area contributed by atoms with Gasteiger partial charge in [-0.3, -0.25) is 4.79 Å². The topological polar surface area (TPSA) is 38.3 Å². The van der Waals surface area contributed by atoms with Crippen LogP contribution >= 0.6 is 0 Å². The van der Waals surface area contributed by atoms with Crippen LogP contribution in [-0.4, -0.2) is 26.2 Å². The van der Waals surface area contributed by atoms with Crippen molar-refractivity contribution in [1.82, 2.24) is 5.32 Å². The molecule has 1 aromatic carbocycles. The lowest BCUT2D eigenvalue weighted by atomic mass is 9.81. The summed E-state index contributed by atoms with van der Waals surface area (Å²) in [5.41, 5.74) is 0.495. The highest BCUT2D eigenvalue weighted by atomic mass is 19.1. The van der Waals surface area contributed by atoms with Gasteiger partial charge in [-0.05, 0) is 30.7 Å². The monoisotopic (exact) mass is 255 g/mol. The number of esters is 1. The molecule has 5 heteroatoms. The average Bonchev–Trinajstić information content (AvgIpc) is 2.36. The van der Waals surface area contributed by atoms with Crippen LogP contribution in [0.4, 0.5) is 8.78 Å². The Bertz CT molecular complexity index is 430. The summed E-state index contributed by atoms with van der Waals surface area (Å²) >= 11 is 0. The van der Waals surface area contributed by atoms with Gasteiger partial charge >= 0.3 is 5.97 Å². The first-order chi connectivity index (χ1) is 8.61. The number of benzene rings is 1. The van der Waals surface area contributed by atoms with Crippen LogP contribution < -0.4 is 5.32 Å². The minimum atomic E-state index is -0.626. The quantitative estimate of drug-likeness (QED) is 0.819. The second-order valence-corrected chi connectivity index (χ2v) is 4.43. The molecule has 0 radical (unpaired) electrons. The number of carbonyl (C=O) groups is 1. The Balaban J connectivity index is 2.30. The lowest BCUT2D eigenvalue weighted by molar-refractivity contribution is -0.147. The molecule has 18 heavy (non-hydrogen) atoms. The van der Waals surface area contributed by atoms with Crippen molar-refractivity contribution in [3.63, 3.8) is 0 Å². The minimum absolute atomic E-state index is 0.253. The second kappa shape index (κ2) is 5.44. The van der Waals surface area contributed by atoms with Crippen LogP contribution in [0.1, 0.15) is 17.9 Å². The molecule has 0 spiro atoms. The summed E-state index contributed by atoms with van der Waals surface area (Å²) < 4.78 is 31.2. The third kappa shape index (κ3) is 2.67. The van der Waals surface area contributed by atoms with Gasteiger partial charge in [0.1, 0.15) is 11.6 Å². The van der Waals surface area contributed by atoms with Crippen LogP contribution in [-0.2, 0) is 9.53 Å². The van der Waals surface area contributed by atoms with Gasteiger partial charge in [-0.25, -0.2) is 8.78 Å². The maximum Gasteiger partial charge on any atom is 0.309 e. The molecule has 1 aliphatic rings. The number of rotatable bonds is 2. The predicted molar refractivity (Wildman–Crippen MR) is 62.1 cm³/mol. The molecule has 0 amide bonds. The number of hydrogen-bond acceptors (Lipinski definition) is 3. The van der Waals surface area contributed by atoms with E-state index in [0.29, 0.717) is 25.1 Å². The fourth-order valence-electron chi connectivity index (χ4n) is 2.43. The lowest BCUT2D eigenvalue weighted by Crippen LogP contribution is -2.39. The van der Waals surface area contributed by atoms with Gasteiger partial charge in [0.15, 0.2) is 0 Å². The van der Waals surface area contributed by atoms with E-state index in [9.17, 15) is 13.6 Å². The SMILES string of the molecule is COC(=O)[C@H]1CCNC[C@H]1c1cc(F)cc(F)c1. The Morgan fingerprint density at radius 3 is 2.61 bits per heavy atom. The van der Waals surface area contributed by atoms with E-state index in [1.54, 1.807) is 0 Å². The summed E-state index contributed by atoms with van der Waals surface area (Å²) in [6, 6.07) is 3.38. The zero-order valence-electron chi connectivity index (χ0n) is 10.1. The van der Waals surface area contributed by atoms with Crippen molar-refractivity contribution in [2.24, 2.45) is 5.92 Å². The highest BCUT2D eigenvalue weighted by Gasteiger charge is 2.33. The molecule has 2 atom stereocenters. The van der Waals surface area contributed by atoms with E-state index in [0.717, 1.165) is 6.07 Å². The van der Waals surface area contributed by atoms with Crippen molar-refractivity contribution in [2.75, 3.05) is 20.2 Å². The Labute approximate surface area is 104 Å². The van der Waals surface area contributed by atoms with Crippen LogP contribution in [0.15, 0.2) is 18.2 Å². The molecule has 1 aliphatic heterocycles. The molecule has 1 saturated heterocycles. The minimum Gasteiger partial charge on any atom is -0.469 e. The molecular weight excluding hydrogens is 240 g/mol. The third-order valence-corrected chi connectivity index (χ3v) is 3.30. The molecule has 1 N–H and O–H groups in total. The number of ether oxygens (including phenoxy) is 1. The molecular formula is C13H15F2NO2. The maximum atomic E-state index is 13.2. The smallest absolute Gasteiger partial charge is 0.309 e. The standard InChI is InChI=1S/C13H15F2NO2/c1-18-13(17)11-2-3-16-7-12(11)8-4-9(14)6-10(15)5-8/h4-6,11-12,16H,2-3,7H2,1H3/t11-,12-/m0/s1. The van der Waals surface area contributed by atoms with Gasteiger partial charge in [-0.15, -0.1) is 0 Å². The van der Waals surface area contributed by atoms with E-state index in [1.165, 1.54) is 19.2 Å². The molecule has 1 fully saturated rings. The molecule has 0 aromatic heterocycles. The molecule has 3 nitrogen and oxygen atoms in total. The fraction of sp³-hybridized carbons (Fsp3) is 0.462. The number of methoxy groups -OCH3 is 1. The van der Waals surface area contributed by atoms with Gasteiger partial charge in [-0.2, -0.15) is 0 Å². The van der Waals surface area contributed by atoms with Gasteiger partial charge in [-0.1, -0.05) is 0 Å². The number of halogens is 2.